The average molecular weight is 407 g/mol. The van der Waals surface area contributed by atoms with Crippen molar-refractivity contribution in [1.29, 1.82) is 0 Å². The first-order chi connectivity index (χ1) is 12.5. The van der Waals surface area contributed by atoms with E-state index in [-0.39, 0.29) is 18.1 Å². The van der Waals surface area contributed by atoms with Crippen LogP contribution >= 0.6 is 34.7 Å². The van der Waals surface area contributed by atoms with Gasteiger partial charge >= 0.3 is 0 Å². The van der Waals surface area contributed by atoms with Gasteiger partial charge in [0, 0.05) is 21.8 Å². The Morgan fingerprint density at radius 1 is 1.31 bits per heavy atom. The molecule has 0 aliphatic heterocycles. The fraction of sp³-hybridized carbons (Fsp3) is 0.158. The predicted molar refractivity (Wildman–Crippen MR) is 107 cm³/mol. The number of aryl methyl sites for hydroxylation is 1. The highest BCUT2D eigenvalue weighted by Crippen LogP contribution is 2.27. The number of benzene rings is 2. The van der Waals surface area contributed by atoms with E-state index in [0.29, 0.717) is 22.0 Å². The third kappa shape index (κ3) is 5.30. The number of aromatic nitrogens is 1. The lowest BCUT2D eigenvalue weighted by Gasteiger charge is -2.05. The van der Waals surface area contributed by atoms with E-state index < -0.39 is 0 Å². The van der Waals surface area contributed by atoms with Crippen molar-refractivity contribution in [3.8, 4) is 0 Å². The van der Waals surface area contributed by atoms with Crippen molar-refractivity contribution in [3.05, 3.63) is 75.5 Å². The van der Waals surface area contributed by atoms with E-state index >= 15 is 0 Å². The molecule has 0 unspecified atom stereocenters. The number of thiazole rings is 1. The number of carbonyl (C=O) groups is 1. The van der Waals surface area contributed by atoms with Gasteiger partial charge in [0.2, 0.25) is 5.91 Å². The maximum absolute atomic E-state index is 13.5. The largest absolute Gasteiger partial charge is 0.326 e. The van der Waals surface area contributed by atoms with Crippen LogP contribution in [-0.2, 0) is 17.0 Å². The molecule has 0 radical (unpaired) electrons. The third-order valence-electron chi connectivity index (χ3n) is 3.58. The number of anilines is 1. The van der Waals surface area contributed by atoms with Crippen molar-refractivity contribution in [2.75, 3.05) is 5.32 Å². The molecule has 0 saturated heterocycles. The first kappa shape index (κ1) is 18.9. The molecule has 26 heavy (non-hydrogen) atoms. The molecular formula is C19H16ClFN2OS2. The molecule has 3 aromatic rings. The lowest BCUT2D eigenvalue weighted by Crippen LogP contribution is -2.14. The first-order valence-electron chi connectivity index (χ1n) is 7.87. The highest BCUT2D eigenvalue weighted by molar-refractivity contribution is 8.00. The molecule has 3 rings (SSSR count). The van der Waals surface area contributed by atoms with E-state index in [0.717, 1.165) is 15.7 Å². The summed E-state index contributed by atoms with van der Waals surface area (Å²) in [5.74, 6) is 0.212. The summed E-state index contributed by atoms with van der Waals surface area (Å²) in [6, 6.07) is 12.3. The van der Waals surface area contributed by atoms with Crippen LogP contribution in [0, 0.1) is 12.7 Å². The monoisotopic (exact) mass is 406 g/mol. The van der Waals surface area contributed by atoms with Gasteiger partial charge in [-0.1, -0.05) is 41.6 Å². The summed E-state index contributed by atoms with van der Waals surface area (Å²) < 4.78 is 14.4. The minimum absolute atomic E-state index is 0.156. The van der Waals surface area contributed by atoms with Gasteiger partial charge in [-0.3, -0.25) is 4.79 Å². The minimum atomic E-state index is -0.337. The van der Waals surface area contributed by atoms with Crippen molar-refractivity contribution in [2.24, 2.45) is 0 Å². The maximum Gasteiger partial charge on any atom is 0.230 e. The molecule has 7 heteroatoms. The molecule has 1 N–H and O–H groups in total. The molecule has 0 aliphatic rings. The highest BCUT2D eigenvalue weighted by Gasteiger charge is 2.10. The Labute approximate surface area is 164 Å². The van der Waals surface area contributed by atoms with Crippen LogP contribution < -0.4 is 5.32 Å². The van der Waals surface area contributed by atoms with Crippen molar-refractivity contribution < 1.29 is 9.18 Å². The summed E-state index contributed by atoms with van der Waals surface area (Å²) in [6.07, 6.45) is 0.156. The third-order valence-corrected chi connectivity index (χ3v) is 5.96. The number of amides is 1. The normalized spacial score (nSPS) is 10.7. The number of hydrogen-bond acceptors (Lipinski definition) is 4. The Morgan fingerprint density at radius 2 is 2.15 bits per heavy atom. The van der Waals surface area contributed by atoms with E-state index in [1.807, 2.05) is 29.6 Å². The number of halogens is 2. The maximum atomic E-state index is 13.5. The van der Waals surface area contributed by atoms with Gasteiger partial charge in [-0.15, -0.1) is 11.3 Å². The minimum Gasteiger partial charge on any atom is -0.326 e. The molecule has 0 bridgehead atoms. The van der Waals surface area contributed by atoms with Gasteiger partial charge in [-0.2, -0.15) is 0 Å². The van der Waals surface area contributed by atoms with Crippen LogP contribution in [0.5, 0.6) is 0 Å². The Balaban J connectivity index is 1.54. The van der Waals surface area contributed by atoms with E-state index in [4.69, 9.17) is 11.6 Å². The molecule has 1 amide bonds. The zero-order chi connectivity index (χ0) is 18.5. The SMILES string of the molecule is Cc1ccc(NC(=O)Cc2csc(SCc3cccc(Cl)c3)n2)cc1F. The van der Waals surface area contributed by atoms with Gasteiger partial charge in [-0.25, -0.2) is 9.37 Å². The number of rotatable bonds is 6. The molecule has 0 fully saturated rings. The Kier molecular flexibility index (Phi) is 6.29. The number of nitrogens with one attached hydrogen (secondary N) is 1. The molecule has 0 spiro atoms. The average Bonchev–Trinajstić information content (AvgIpc) is 3.04. The second kappa shape index (κ2) is 8.66. The first-order valence-corrected chi connectivity index (χ1v) is 10.1. The van der Waals surface area contributed by atoms with E-state index in [1.165, 1.54) is 17.4 Å². The van der Waals surface area contributed by atoms with Crippen LogP contribution in [0.15, 0.2) is 52.2 Å². The quantitative estimate of drug-likeness (QED) is 0.532. The Morgan fingerprint density at radius 3 is 2.92 bits per heavy atom. The Hall–Kier alpha value is -1.89. The number of hydrogen-bond donors (Lipinski definition) is 1. The summed E-state index contributed by atoms with van der Waals surface area (Å²) in [6.45, 7) is 1.68. The van der Waals surface area contributed by atoms with E-state index in [1.54, 1.807) is 30.8 Å². The topological polar surface area (TPSA) is 42.0 Å². The number of nitrogens with zero attached hydrogens (tertiary/aromatic N) is 1. The van der Waals surface area contributed by atoms with Crippen molar-refractivity contribution in [2.45, 2.75) is 23.4 Å². The zero-order valence-electron chi connectivity index (χ0n) is 14.0. The van der Waals surface area contributed by atoms with Gasteiger partial charge in [0.05, 0.1) is 12.1 Å². The smallest absolute Gasteiger partial charge is 0.230 e. The summed E-state index contributed by atoms with van der Waals surface area (Å²) in [5.41, 5.74) is 2.82. The lowest BCUT2D eigenvalue weighted by molar-refractivity contribution is -0.115. The molecule has 0 atom stereocenters. The van der Waals surface area contributed by atoms with Gasteiger partial charge in [-0.05, 0) is 42.3 Å². The van der Waals surface area contributed by atoms with Crippen LogP contribution in [0.3, 0.4) is 0 Å². The number of thioether (sulfide) groups is 1. The zero-order valence-corrected chi connectivity index (χ0v) is 16.3. The molecule has 0 aliphatic carbocycles. The molecule has 1 heterocycles. The van der Waals surface area contributed by atoms with Gasteiger partial charge in [0.25, 0.3) is 0 Å². The summed E-state index contributed by atoms with van der Waals surface area (Å²) >= 11 is 9.09. The van der Waals surface area contributed by atoms with Crippen LogP contribution in [-0.4, -0.2) is 10.9 Å². The summed E-state index contributed by atoms with van der Waals surface area (Å²) in [5, 5.41) is 5.28. The van der Waals surface area contributed by atoms with Gasteiger partial charge in [0.15, 0.2) is 0 Å². The number of carbonyl (C=O) groups excluding carboxylic acids is 1. The van der Waals surface area contributed by atoms with Gasteiger partial charge in [0.1, 0.15) is 10.2 Å². The fourth-order valence-corrected chi connectivity index (χ4v) is 4.25. The summed E-state index contributed by atoms with van der Waals surface area (Å²) in [7, 11) is 0. The van der Waals surface area contributed by atoms with Crippen molar-refractivity contribution in [1.82, 2.24) is 4.98 Å². The molecule has 1 aromatic heterocycles. The summed E-state index contributed by atoms with van der Waals surface area (Å²) in [4.78, 5) is 16.6. The van der Waals surface area contributed by atoms with Crippen LogP contribution in [0.1, 0.15) is 16.8 Å². The van der Waals surface area contributed by atoms with Crippen molar-refractivity contribution >= 4 is 46.3 Å². The van der Waals surface area contributed by atoms with Crippen molar-refractivity contribution in [3.63, 3.8) is 0 Å². The molecule has 0 saturated carbocycles. The van der Waals surface area contributed by atoms with E-state index in [9.17, 15) is 9.18 Å². The second-order valence-corrected chi connectivity index (χ2v) is 8.23. The molecular weight excluding hydrogens is 391 g/mol. The predicted octanol–water partition coefficient (Wildman–Crippen LogP) is 5.72. The van der Waals surface area contributed by atoms with Gasteiger partial charge < -0.3 is 5.32 Å². The highest BCUT2D eigenvalue weighted by atomic mass is 35.5. The standard InChI is InChI=1S/C19H16ClFN2OS2/c1-12-5-6-15(8-17(12)21)22-18(24)9-16-11-26-19(23-16)25-10-13-3-2-4-14(20)7-13/h2-8,11H,9-10H2,1H3,(H,22,24). The van der Waals surface area contributed by atoms with Crippen LogP contribution in [0.4, 0.5) is 10.1 Å². The molecule has 134 valence electrons. The fourth-order valence-electron chi connectivity index (χ4n) is 2.25. The van der Waals surface area contributed by atoms with Crippen LogP contribution in [0.25, 0.3) is 0 Å². The second-order valence-electron chi connectivity index (χ2n) is 5.71. The molecule has 3 nitrogen and oxygen atoms in total. The van der Waals surface area contributed by atoms with E-state index in [2.05, 4.69) is 10.3 Å². The lowest BCUT2D eigenvalue weighted by atomic mass is 10.2. The van der Waals surface area contributed by atoms with Crippen LogP contribution in [0.2, 0.25) is 5.02 Å². The molecule has 2 aromatic carbocycles. The Bertz CT molecular complexity index is 929.